The predicted octanol–water partition coefficient (Wildman–Crippen LogP) is 6.90. The second-order valence-corrected chi connectivity index (χ2v) is 9.07. The van der Waals surface area contributed by atoms with Crippen LogP contribution in [0.2, 0.25) is 10.0 Å². The molecule has 1 heterocycles. The van der Waals surface area contributed by atoms with Crippen molar-refractivity contribution >= 4 is 53.1 Å². The van der Waals surface area contributed by atoms with E-state index >= 15 is 0 Å². The molecule has 3 aromatic carbocycles. The first-order valence-electron chi connectivity index (χ1n) is 9.96. The van der Waals surface area contributed by atoms with Crippen molar-refractivity contribution in [2.75, 3.05) is 38.2 Å². The van der Waals surface area contributed by atoms with E-state index in [4.69, 9.17) is 27.9 Å². The Bertz CT molecular complexity index is 1010. The molecule has 1 saturated heterocycles. The highest BCUT2D eigenvalue weighted by atomic mass is 35.5. The first-order valence-corrected chi connectivity index (χ1v) is 11.5. The topological polar surface area (TPSA) is 15.7 Å². The first kappa shape index (κ1) is 24.1. The molecule has 1 fully saturated rings. The monoisotopic (exact) mass is 494 g/mol. The number of anilines is 1. The Hall–Kier alpha value is -1.56. The third-order valence-corrected chi connectivity index (χ3v) is 7.28. The fourth-order valence-electron chi connectivity index (χ4n) is 3.68. The average Bonchev–Trinajstić information content (AvgIpc) is 2.78. The van der Waals surface area contributed by atoms with Gasteiger partial charge in [0.1, 0.15) is 5.75 Å². The molecule has 1 aliphatic heterocycles. The number of nitrogens with zero attached hydrogens (tertiary/aromatic N) is 2. The Labute approximate surface area is 204 Å². The van der Waals surface area contributed by atoms with Gasteiger partial charge in [0.05, 0.1) is 27.7 Å². The molecule has 3 aromatic rings. The number of benzene rings is 3. The standard InChI is InChI=1S/C24H24Cl2N2OS.ClH/c1-29-21-10-3-5-12-23(21)30-22-11-4-2-7-18(22)17-27-13-15-28(16-14-27)20-9-6-8-19(25)24(20)26;/h2-12H,13-17H2,1H3;1H. The van der Waals surface area contributed by atoms with Crippen molar-refractivity contribution < 1.29 is 4.74 Å². The van der Waals surface area contributed by atoms with Gasteiger partial charge in [0.25, 0.3) is 0 Å². The number of hydrogen-bond acceptors (Lipinski definition) is 4. The molecule has 0 atom stereocenters. The van der Waals surface area contributed by atoms with Crippen molar-refractivity contribution in [1.82, 2.24) is 4.90 Å². The summed E-state index contributed by atoms with van der Waals surface area (Å²) >= 11 is 14.4. The van der Waals surface area contributed by atoms with Crippen molar-refractivity contribution in [3.8, 4) is 5.75 Å². The molecule has 0 unspecified atom stereocenters. The lowest BCUT2D eigenvalue weighted by molar-refractivity contribution is 0.248. The Morgan fingerprint density at radius 2 is 1.52 bits per heavy atom. The van der Waals surface area contributed by atoms with Crippen molar-refractivity contribution in [3.05, 3.63) is 82.3 Å². The maximum absolute atomic E-state index is 6.42. The van der Waals surface area contributed by atoms with Gasteiger partial charge in [-0.05, 0) is 35.9 Å². The molecular weight excluding hydrogens is 471 g/mol. The molecule has 4 rings (SSSR count). The van der Waals surface area contributed by atoms with Gasteiger partial charge in [-0.3, -0.25) is 4.90 Å². The lowest BCUT2D eigenvalue weighted by Crippen LogP contribution is -2.46. The second kappa shape index (κ2) is 11.3. The van der Waals surface area contributed by atoms with Crippen molar-refractivity contribution in [3.63, 3.8) is 0 Å². The minimum atomic E-state index is 0. The van der Waals surface area contributed by atoms with Crippen LogP contribution in [0.1, 0.15) is 5.56 Å². The highest BCUT2D eigenvalue weighted by molar-refractivity contribution is 7.99. The van der Waals surface area contributed by atoms with Gasteiger partial charge in [0.2, 0.25) is 0 Å². The fraction of sp³-hybridized carbons (Fsp3) is 0.250. The smallest absolute Gasteiger partial charge is 0.132 e. The molecular formula is C24H25Cl3N2OS. The maximum atomic E-state index is 6.42. The van der Waals surface area contributed by atoms with Crippen LogP contribution in [0.5, 0.6) is 5.75 Å². The molecule has 0 aromatic heterocycles. The Balaban J connectivity index is 0.00000272. The van der Waals surface area contributed by atoms with Crippen LogP contribution >= 0.6 is 47.4 Å². The van der Waals surface area contributed by atoms with Gasteiger partial charge in [-0.15, -0.1) is 12.4 Å². The van der Waals surface area contributed by atoms with Crippen LogP contribution < -0.4 is 9.64 Å². The van der Waals surface area contributed by atoms with E-state index in [9.17, 15) is 0 Å². The van der Waals surface area contributed by atoms with E-state index in [1.165, 1.54) is 10.5 Å². The summed E-state index contributed by atoms with van der Waals surface area (Å²) < 4.78 is 5.52. The molecule has 0 N–H and O–H groups in total. The molecule has 0 radical (unpaired) electrons. The number of methoxy groups -OCH3 is 1. The summed E-state index contributed by atoms with van der Waals surface area (Å²) in [6.07, 6.45) is 0. The summed E-state index contributed by atoms with van der Waals surface area (Å²) in [5.74, 6) is 0.907. The van der Waals surface area contributed by atoms with E-state index in [1.54, 1.807) is 18.9 Å². The number of para-hydroxylation sites is 1. The molecule has 31 heavy (non-hydrogen) atoms. The zero-order valence-corrected chi connectivity index (χ0v) is 20.4. The normalized spacial score (nSPS) is 14.2. The summed E-state index contributed by atoms with van der Waals surface area (Å²) in [5, 5.41) is 1.25. The van der Waals surface area contributed by atoms with Gasteiger partial charge in [0.15, 0.2) is 0 Å². The van der Waals surface area contributed by atoms with E-state index in [0.717, 1.165) is 49.1 Å². The number of piperazine rings is 1. The Kier molecular flexibility index (Phi) is 8.82. The van der Waals surface area contributed by atoms with Crippen LogP contribution in [0, 0.1) is 0 Å². The summed E-state index contributed by atoms with van der Waals surface area (Å²) in [6.45, 7) is 4.76. The lowest BCUT2D eigenvalue weighted by Gasteiger charge is -2.36. The van der Waals surface area contributed by atoms with E-state index in [2.05, 4.69) is 40.1 Å². The highest BCUT2D eigenvalue weighted by Gasteiger charge is 2.20. The SMILES string of the molecule is COc1ccccc1Sc1ccccc1CN1CCN(c2cccc(Cl)c2Cl)CC1.Cl. The van der Waals surface area contributed by atoms with Crippen molar-refractivity contribution in [1.29, 1.82) is 0 Å². The van der Waals surface area contributed by atoms with E-state index in [0.29, 0.717) is 10.0 Å². The van der Waals surface area contributed by atoms with Gasteiger partial charge < -0.3 is 9.64 Å². The second-order valence-electron chi connectivity index (χ2n) is 7.20. The van der Waals surface area contributed by atoms with Crippen LogP contribution in [-0.2, 0) is 6.54 Å². The first-order chi connectivity index (χ1) is 14.7. The average molecular weight is 496 g/mol. The number of hydrogen-bond donors (Lipinski definition) is 0. The third kappa shape index (κ3) is 5.82. The number of halogens is 3. The Morgan fingerprint density at radius 3 is 2.26 bits per heavy atom. The van der Waals surface area contributed by atoms with E-state index in [1.807, 2.05) is 36.4 Å². The Morgan fingerprint density at radius 1 is 0.839 bits per heavy atom. The molecule has 1 aliphatic rings. The third-order valence-electron chi connectivity index (χ3n) is 5.30. The summed E-state index contributed by atoms with van der Waals surface area (Å²) in [4.78, 5) is 7.21. The largest absolute Gasteiger partial charge is 0.496 e. The minimum Gasteiger partial charge on any atom is -0.496 e. The van der Waals surface area contributed by atoms with Crippen LogP contribution in [0.15, 0.2) is 76.5 Å². The quantitative estimate of drug-likeness (QED) is 0.369. The molecule has 164 valence electrons. The highest BCUT2D eigenvalue weighted by Crippen LogP contribution is 2.37. The van der Waals surface area contributed by atoms with Crippen molar-refractivity contribution in [2.45, 2.75) is 16.3 Å². The van der Waals surface area contributed by atoms with Gasteiger partial charge in [-0.25, -0.2) is 0 Å². The summed E-state index contributed by atoms with van der Waals surface area (Å²) in [5.41, 5.74) is 2.36. The van der Waals surface area contributed by atoms with Gasteiger partial charge in [0, 0.05) is 37.6 Å². The number of rotatable bonds is 6. The zero-order chi connectivity index (χ0) is 20.9. The fourth-order valence-corrected chi connectivity index (χ4v) is 5.14. The van der Waals surface area contributed by atoms with Crippen LogP contribution in [0.3, 0.4) is 0 Å². The molecule has 0 aliphatic carbocycles. The van der Waals surface area contributed by atoms with Gasteiger partial charge in [-0.1, -0.05) is 71.4 Å². The minimum absolute atomic E-state index is 0. The van der Waals surface area contributed by atoms with Crippen molar-refractivity contribution in [2.24, 2.45) is 0 Å². The van der Waals surface area contributed by atoms with Gasteiger partial charge >= 0.3 is 0 Å². The lowest BCUT2D eigenvalue weighted by atomic mass is 10.2. The molecule has 0 amide bonds. The van der Waals surface area contributed by atoms with Crippen LogP contribution in [0.4, 0.5) is 5.69 Å². The van der Waals surface area contributed by atoms with Crippen LogP contribution in [-0.4, -0.2) is 38.2 Å². The molecule has 0 saturated carbocycles. The van der Waals surface area contributed by atoms with E-state index < -0.39 is 0 Å². The summed E-state index contributed by atoms with van der Waals surface area (Å²) in [7, 11) is 1.72. The molecule has 7 heteroatoms. The predicted molar refractivity (Wildman–Crippen MR) is 135 cm³/mol. The molecule has 3 nitrogen and oxygen atoms in total. The van der Waals surface area contributed by atoms with Crippen LogP contribution in [0.25, 0.3) is 0 Å². The summed E-state index contributed by atoms with van der Waals surface area (Å²) in [6, 6.07) is 22.6. The van der Waals surface area contributed by atoms with Gasteiger partial charge in [-0.2, -0.15) is 0 Å². The molecule has 0 bridgehead atoms. The zero-order valence-electron chi connectivity index (χ0n) is 17.3. The van der Waals surface area contributed by atoms with E-state index in [-0.39, 0.29) is 12.4 Å². The maximum Gasteiger partial charge on any atom is 0.132 e. The molecule has 0 spiro atoms. The number of ether oxygens (including phenoxy) is 1.